The third-order valence-corrected chi connectivity index (χ3v) is 2.04. The van der Waals surface area contributed by atoms with Crippen molar-refractivity contribution in [3.8, 4) is 0 Å². The van der Waals surface area contributed by atoms with Crippen LogP contribution in [0.5, 0.6) is 0 Å². The SMILES string of the molecule is CC(CO)C(=O)Cc1ccccc1. The maximum absolute atomic E-state index is 11.4. The minimum absolute atomic E-state index is 0.0638. The Labute approximate surface area is 78.2 Å². The highest BCUT2D eigenvalue weighted by atomic mass is 16.3. The van der Waals surface area contributed by atoms with Crippen LogP contribution in [0.2, 0.25) is 0 Å². The molecule has 0 aliphatic rings. The highest BCUT2D eigenvalue weighted by Gasteiger charge is 2.11. The van der Waals surface area contributed by atoms with Crippen LogP contribution < -0.4 is 0 Å². The number of Topliss-reactive ketones (excluding diaryl/α,β-unsaturated/α-hetero) is 1. The van der Waals surface area contributed by atoms with Gasteiger partial charge in [0, 0.05) is 12.3 Å². The highest BCUT2D eigenvalue weighted by Crippen LogP contribution is 2.05. The van der Waals surface area contributed by atoms with Crippen molar-refractivity contribution in [2.75, 3.05) is 6.61 Å². The third-order valence-electron chi connectivity index (χ3n) is 2.04. The maximum atomic E-state index is 11.4. The molecule has 1 aromatic rings. The van der Waals surface area contributed by atoms with Crippen LogP contribution in [0.3, 0.4) is 0 Å². The van der Waals surface area contributed by atoms with Crippen molar-refractivity contribution in [2.24, 2.45) is 5.92 Å². The van der Waals surface area contributed by atoms with E-state index in [4.69, 9.17) is 5.11 Å². The molecule has 1 unspecified atom stereocenters. The topological polar surface area (TPSA) is 37.3 Å². The zero-order valence-corrected chi connectivity index (χ0v) is 7.73. The Kier molecular flexibility index (Phi) is 3.65. The van der Waals surface area contributed by atoms with E-state index in [1.165, 1.54) is 0 Å². The van der Waals surface area contributed by atoms with Gasteiger partial charge in [0.25, 0.3) is 0 Å². The molecule has 0 amide bonds. The highest BCUT2D eigenvalue weighted by molar-refractivity contribution is 5.82. The Bertz CT molecular complexity index is 267. The van der Waals surface area contributed by atoms with Gasteiger partial charge in [-0.25, -0.2) is 0 Å². The lowest BCUT2D eigenvalue weighted by Gasteiger charge is -2.05. The summed E-state index contributed by atoms with van der Waals surface area (Å²) in [4.78, 5) is 11.4. The number of hydrogen-bond acceptors (Lipinski definition) is 2. The second-order valence-corrected chi connectivity index (χ2v) is 3.21. The van der Waals surface area contributed by atoms with Crippen LogP contribution in [0.15, 0.2) is 30.3 Å². The van der Waals surface area contributed by atoms with Crippen molar-refractivity contribution in [1.29, 1.82) is 0 Å². The predicted molar refractivity (Wildman–Crippen MR) is 51.4 cm³/mol. The maximum Gasteiger partial charge on any atom is 0.142 e. The largest absolute Gasteiger partial charge is 0.396 e. The Morgan fingerprint density at radius 1 is 1.38 bits per heavy atom. The lowest BCUT2D eigenvalue weighted by molar-refractivity contribution is -0.122. The van der Waals surface area contributed by atoms with Gasteiger partial charge in [-0.2, -0.15) is 0 Å². The molecule has 1 aromatic carbocycles. The van der Waals surface area contributed by atoms with Gasteiger partial charge in [-0.1, -0.05) is 37.3 Å². The smallest absolute Gasteiger partial charge is 0.142 e. The number of hydrogen-bond donors (Lipinski definition) is 1. The van der Waals surface area contributed by atoms with Gasteiger partial charge in [-0.05, 0) is 5.56 Å². The molecule has 0 aliphatic carbocycles. The molecule has 0 spiro atoms. The molecule has 0 saturated carbocycles. The molecule has 0 saturated heterocycles. The average molecular weight is 178 g/mol. The Morgan fingerprint density at radius 3 is 2.54 bits per heavy atom. The molecule has 13 heavy (non-hydrogen) atoms. The van der Waals surface area contributed by atoms with Gasteiger partial charge in [0.05, 0.1) is 6.61 Å². The minimum Gasteiger partial charge on any atom is -0.396 e. The van der Waals surface area contributed by atoms with Crippen LogP contribution >= 0.6 is 0 Å². The number of carbonyl (C=O) groups is 1. The van der Waals surface area contributed by atoms with Crippen LogP contribution in [0.4, 0.5) is 0 Å². The lowest BCUT2D eigenvalue weighted by Crippen LogP contribution is -2.16. The Morgan fingerprint density at radius 2 is 2.00 bits per heavy atom. The number of carbonyl (C=O) groups excluding carboxylic acids is 1. The van der Waals surface area contributed by atoms with Crippen molar-refractivity contribution in [1.82, 2.24) is 0 Å². The molecule has 1 rings (SSSR count). The van der Waals surface area contributed by atoms with Gasteiger partial charge in [0.2, 0.25) is 0 Å². The van der Waals surface area contributed by atoms with Gasteiger partial charge >= 0.3 is 0 Å². The second kappa shape index (κ2) is 4.77. The standard InChI is InChI=1S/C11H14O2/c1-9(8-12)11(13)7-10-5-3-2-4-6-10/h2-6,9,12H,7-8H2,1H3. The van der Waals surface area contributed by atoms with E-state index in [2.05, 4.69) is 0 Å². The first-order valence-electron chi connectivity index (χ1n) is 4.41. The summed E-state index contributed by atoms with van der Waals surface area (Å²) in [6, 6.07) is 9.58. The van der Waals surface area contributed by atoms with E-state index >= 15 is 0 Å². The zero-order valence-electron chi connectivity index (χ0n) is 7.73. The van der Waals surface area contributed by atoms with Crippen molar-refractivity contribution in [2.45, 2.75) is 13.3 Å². The number of rotatable bonds is 4. The number of aliphatic hydroxyl groups excluding tert-OH is 1. The fourth-order valence-corrected chi connectivity index (χ4v) is 1.07. The molecule has 0 bridgehead atoms. The molecule has 0 aliphatic heterocycles. The molecular weight excluding hydrogens is 164 g/mol. The fourth-order valence-electron chi connectivity index (χ4n) is 1.07. The van der Waals surface area contributed by atoms with Crippen LogP contribution in [0.1, 0.15) is 12.5 Å². The average Bonchev–Trinajstić information content (AvgIpc) is 2.18. The van der Waals surface area contributed by atoms with Crippen molar-refractivity contribution in [3.05, 3.63) is 35.9 Å². The monoisotopic (exact) mass is 178 g/mol. The summed E-state index contributed by atoms with van der Waals surface area (Å²) < 4.78 is 0. The van der Waals surface area contributed by atoms with Gasteiger partial charge < -0.3 is 5.11 Å². The van der Waals surface area contributed by atoms with Crippen LogP contribution in [-0.4, -0.2) is 17.5 Å². The molecule has 0 heterocycles. The van der Waals surface area contributed by atoms with E-state index in [0.29, 0.717) is 6.42 Å². The quantitative estimate of drug-likeness (QED) is 0.757. The van der Waals surface area contributed by atoms with Crippen LogP contribution in [0, 0.1) is 5.92 Å². The second-order valence-electron chi connectivity index (χ2n) is 3.21. The predicted octanol–water partition coefficient (Wildman–Crippen LogP) is 1.43. The van der Waals surface area contributed by atoms with Crippen molar-refractivity contribution in [3.63, 3.8) is 0 Å². The summed E-state index contributed by atoms with van der Waals surface area (Å²) in [5, 5.41) is 8.76. The van der Waals surface area contributed by atoms with E-state index < -0.39 is 0 Å². The molecule has 2 heteroatoms. The molecule has 70 valence electrons. The summed E-state index contributed by atoms with van der Waals surface area (Å²) in [5.74, 6) is -0.158. The Hall–Kier alpha value is -1.15. The van der Waals surface area contributed by atoms with Crippen LogP contribution in [-0.2, 0) is 11.2 Å². The molecule has 1 atom stereocenters. The van der Waals surface area contributed by atoms with E-state index in [-0.39, 0.29) is 18.3 Å². The van der Waals surface area contributed by atoms with Gasteiger partial charge in [-0.15, -0.1) is 0 Å². The summed E-state index contributed by atoms with van der Waals surface area (Å²) in [6.07, 6.45) is 0.419. The van der Waals surface area contributed by atoms with Crippen molar-refractivity contribution < 1.29 is 9.90 Å². The summed E-state index contributed by atoms with van der Waals surface area (Å²) in [7, 11) is 0. The molecular formula is C11H14O2. The van der Waals surface area contributed by atoms with Gasteiger partial charge in [0.15, 0.2) is 0 Å². The number of aliphatic hydroxyl groups is 1. The van der Waals surface area contributed by atoms with Gasteiger partial charge in [0.1, 0.15) is 5.78 Å². The molecule has 0 radical (unpaired) electrons. The molecule has 1 N–H and O–H groups in total. The first kappa shape index (κ1) is 9.93. The fraction of sp³-hybridized carbons (Fsp3) is 0.364. The zero-order chi connectivity index (χ0) is 9.68. The third kappa shape index (κ3) is 2.99. The van der Waals surface area contributed by atoms with Crippen LogP contribution in [0.25, 0.3) is 0 Å². The van der Waals surface area contributed by atoms with E-state index in [9.17, 15) is 4.79 Å². The van der Waals surface area contributed by atoms with Crippen molar-refractivity contribution >= 4 is 5.78 Å². The molecule has 0 fully saturated rings. The number of ketones is 1. The normalized spacial score (nSPS) is 12.5. The first-order valence-corrected chi connectivity index (χ1v) is 4.41. The van der Waals surface area contributed by atoms with E-state index in [1.54, 1.807) is 6.92 Å². The summed E-state index contributed by atoms with van der Waals surface area (Å²) in [5.41, 5.74) is 1.01. The van der Waals surface area contributed by atoms with E-state index in [0.717, 1.165) is 5.56 Å². The Balaban J connectivity index is 2.55. The van der Waals surface area contributed by atoms with Gasteiger partial charge in [-0.3, -0.25) is 4.79 Å². The summed E-state index contributed by atoms with van der Waals surface area (Å²) in [6.45, 7) is 1.68. The number of benzene rings is 1. The molecule has 2 nitrogen and oxygen atoms in total. The first-order chi connectivity index (χ1) is 6.24. The molecule has 0 aromatic heterocycles. The minimum atomic E-state index is -0.250. The summed E-state index contributed by atoms with van der Waals surface area (Å²) >= 11 is 0. The lowest BCUT2D eigenvalue weighted by atomic mass is 10.0. The van der Waals surface area contributed by atoms with E-state index in [1.807, 2.05) is 30.3 Å².